The molecule has 0 bridgehead atoms. The molecule has 1 aliphatic rings. The molecule has 0 aromatic heterocycles. The lowest BCUT2D eigenvalue weighted by atomic mass is 10.0. The second kappa shape index (κ2) is 4.80. The van der Waals surface area contributed by atoms with Crippen LogP contribution in [0.5, 0.6) is 0 Å². The molecule has 0 saturated carbocycles. The van der Waals surface area contributed by atoms with Crippen LogP contribution in [0.1, 0.15) is 0 Å². The van der Waals surface area contributed by atoms with E-state index in [1.807, 2.05) is 48.5 Å². The summed E-state index contributed by atoms with van der Waals surface area (Å²) >= 11 is 3.41. The van der Waals surface area contributed by atoms with Crippen molar-refractivity contribution in [2.45, 2.75) is 9.79 Å². The van der Waals surface area contributed by atoms with Crippen LogP contribution in [0.15, 0.2) is 81.0 Å². The third kappa shape index (κ3) is 1.95. The van der Waals surface area contributed by atoms with Crippen LogP contribution in [0.3, 0.4) is 0 Å². The van der Waals surface area contributed by atoms with Crippen LogP contribution >= 0.6 is 15.9 Å². The predicted molar refractivity (Wildman–Crippen MR) is 90.5 cm³/mol. The standard InChI is InChI=1S/C18H11BrO2S/c19-14-8-5-12(6-9-14)13-7-10-16-15-3-1-2-4-17(15)22(20,21)18(16)11-13/h1-11H. The first-order valence-corrected chi connectivity index (χ1v) is 9.09. The van der Waals surface area contributed by atoms with Gasteiger partial charge in [-0.05, 0) is 35.4 Å². The van der Waals surface area contributed by atoms with Gasteiger partial charge in [0.2, 0.25) is 9.84 Å². The molecule has 0 radical (unpaired) electrons. The Hall–Kier alpha value is -1.91. The molecule has 0 aliphatic carbocycles. The second-order valence-corrected chi connectivity index (χ2v) is 8.02. The highest BCUT2D eigenvalue weighted by molar-refractivity contribution is 9.10. The molecule has 0 amide bonds. The molecule has 0 saturated heterocycles. The summed E-state index contributed by atoms with van der Waals surface area (Å²) in [5.41, 5.74) is 3.48. The monoisotopic (exact) mass is 370 g/mol. The van der Waals surface area contributed by atoms with E-state index in [1.54, 1.807) is 18.2 Å². The predicted octanol–water partition coefficient (Wildman–Crippen LogP) is 4.93. The van der Waals surface area contributed by atoms with E-state index >= 15 is 0 Å². The van der Waals surface area contributed by atoms with Crippen molar-refractivity contribution in [1.29, 1.82) is 0 Å². The first-order chi connectivity index (χ1) is 10.6. The van der Waals surface area contributed by atoms with Crippen molar-refractivity contribution in [2.24, 2.45) is 0 Å². The summed E-state index contributed by atoms with van der Waals surface area (Å²) in [5, 5.41) is 0. The van der Waals surface area contributed by atoms with E-state index in [2.05, 4.69) is 15.9 Å². The van der Waals surface area contributed by atoms with Crippen LogP contribution in [-0.2, 0) is 9.84 Å². The molecule has 0 spiro atoms. The van der Waals surface area contributed by atoms with Gasteiger partial charge < -0.3 is 0 Å². The number of fused-ring (bicyclic) bond motifs is 3. The lowest BCUT2D eigenvalue weighted by Crippen LogP contribution is -1.96. The van der Waals surface area contributed by atoms with Crippen molar-refractivity contribution < 1.29 is 8.42 Å². The molecule has 22 heavy (non-hydrogen) atoms. The summed E-state index contributed by atoms with van der Waals surface area (Å²) in [4.78, 5) is 0.798. The molecule has 3 aromatic carbocycles. The maximum absolute atomic E-state index is 12.7. The van der Waals surface area contributed by atoms with Crippen molar-refractivity contribution in [3.8, 4) is 22.3 Å². The quantitative estimate of drug-likeness (QED) is 0.476. The zero-order chi connectivity index (χ0) is 15.3. The van der Waals surface area contributed by atoms with Crippen LogP contribution in [0.4, 0.5) is 0 Å². The molecule has 0 N–H and O–H groups in total. The van der Waals surface area contributed by atoms with Gasteiger partial charge in [0, 0.05) is 15.6 Å². The Morgan fingerprint density at radius 3 is 2.09 bits per heavy atom. The van der Waals surface area contributed by atoms with E-state index in [0.717, 1.165) is 26.7 Å². The van der Waals surface area contributed by atoms with E-state index in [1.165, 1.54) is 0 Å². The van der Waals surface area contributed by atoms with Gasteiger partial charge in [-0.1, -0.05) is 58.4 Å². The van der Waals surface area contributed by atoms with Crippen molar-refractivity contribution in [3.05, 3.63) is 71.2 Å². The molecule has 0 unspecified atom stereocenters. The third-order valence-corrected chi connectivity index (χ3v) is 6.30. The number of hydrogen-bond acceptors (Lipinski definition) is 2. The molecule has 1 aliphatic heterocycles. The van der Waals surface area contributed by atoms with Gasteiger partial charge in [0.1, 0.15) is 0 Å². The van der Waals surface area contributed by atoms with Crippen molar-refractivity contribution in [1.82, 2.24) is 0 Å². The second-order valence-electron chi connectivity index (χ2n) is 5.22. The minimum Gasteiger partial charge on any atom is -0.218 e. The lowest BCUT2D eigenvalue weighted by Gasteiger charge is -2.05. The maximum Gasteiger partial charge on any atom is 0.207 e. The molecule has 4 heteroatoms. The van der Waals surface area contributed by atoms with Crippen molar-refractivity contribution >= 4 is 25.8 Å². The first kappa shape index (κ1) is 13.7. The largest absolute Gasteiger partial charge is 0.218 e. The first-order valence-electron chi connectivity index (χ1n) is 6.82. The number of hydrogen-bond donors (Lipinski definition) is 0. The normalized spacial score (nSPS) is 14.4. The summed E-state index contributed by atoms with van der Waals surface area (Å²) in [5.74, 6) is 0. The number of benzene rings is 3. The summed E-state index contributed by atoms with van der Waals surface area (Å²) < 4.78 is 26.4. The lowest BCUT2D eigenvalue weighted by molar-refractivity contribution is 0.598. The molecular formula is C18H11BrO2S. The van der Waals surface area contributed by atoms with Crippen LogP contribution < -0.4 is 0 Å². The summed E-state index contributed by atoms with van der Waals surface area (Å²) in [6, 6.07) is 20.6. The Balaban J connectivity index is 1.94. The fourth-order valence-corrected chi connectivity index (χ4v) is 4.81. The summed E-state index contributed by atoms with van der Waals surface area (Å²) in [6.45, 7) is 0. The molecule has 0 atom stereocenters. The molecular weight excluding hydrogens is 360 g/mol. The van der Waals surface area contributed by atoms with E-state index < -0.39 is 9.84 Å². The average molecular weight is 371 g/mol. The fourth-order valence-electron chi connectivity index (χ4n) is 2.83. The highest BCUT2D eigenvalue weighted by atomic mass is 79.9. The van der Waals surface area contributed by atoms with Gasteiger partial charge in [0.15, 0.2) is 0 Å². The topological polar surface area (TPSA) is 34.1 Å². The van der Waals surface area contributed by atoms with Gasteiger partial charge in [-0.2, -0.15) is 0 Å². The van der Waals surface area contributed by atoms with Gasteiger partial charge in [-0.3, -0.25) is 0 Å². The SMILES string of the molecule is O=S1(=O)c2ccccc2-c2ccc(-c3ccc(Br)cc3)cc21. The molecule has 108 valence electrons. The maximum atomic E-state index is 12.7. The Labute approximate surface area is 137 Å². The van der Waals surface area contributed by atoms with Gasteiger partial charge in [-0.25, -0.2) is 8.42 Å². The smallest absolute Gasteiger partial charge is 0.207 e. The molecule has 0 fully saturated rings. The van der Waals surface area contributed by atoms with Gasteiger partial charge >= 0.3 is 0 Å². The van der Waals surface area contributed by atoms with Gasteiger partial charge in [0.25, 0.3) is 0 Å². The minimum absolute atomic E-state index is 0.397. The highest BCUT2D eigenvalue weighted by Gasteiger charge is 2.32. The fraction of sp³-hybridized carbons (Fsp3) is 0. The number of sulfone groups is 1. The van der Waals surface area contributed by atoms with Crippen LogP contribution in [0.25, 0.3) is 22.3 Å². The van der Waals surface area contributed by atoms with Crippen molar-refractivity contribution in [3.63, 3.8) is 0 Å². The van der Waals surface area contributed by atoms with Gasteiger partial charge in [0.05, 0.1) is 9.79 Å². The van der Waals surface area contributed by atoms with Gasteiger partial charge in [-0.15, -0.1) is 0 Å². The van der Waals surface area contributed by atoms with E-state index in [-0.39, 0.29) is 0 Å². The Morgan fingerprint density at radius 1 is 0.682 bits per heavy atom. The Bertz CT molecular complexity index is 990. The summed E-state index contributed by atoms with van der Waals surface area (Å²) in [6.07, 6.45) is 0. The van der Waals surface area contributed by atoms with E-state index in [4.69, 9.17) is 0 Å². The number of halogens is 1. The van der Waals surface area contributed by atoms with Crippen LogP contribution in [0.2, 0.25) is 0 Å². The third-order valence-electron chi connectivity index (χ3n) is 3.92. The van der Waals surface area contributed by atoms with E-state index in [9.17, 15) is 8.42 Å². The highest BCUT2D eigenvalue weighted by Crippen LogP contribution is 2.44. The average Bonchev–Trinajstić information content (AvgIpc) is 2.77. The molecule has 2 nitrogen and oxygen atoms in total. The van der Waals surface area contributed by atoms with Crippen molar-refractivity contribution in [2.75, 3.05) is 0 Å². The number of rotatable bonds is 1. The zero-order valence-electron chi connectivity index (χ0n) is 11.5. The Kier molecular flexibility index (Phi) is 2.99. The summed E-state index contributed by atoms with van der Waals surface area (Å²) in [7, 11) is -3.41. The van der Waals surface area contributed by atoms with Crippen LogP contribution in [0, 0.1) is 0 Å². The van der Waals surface area contributed by atoms with Crippen LogP contribution in [-0.4, -0.2) is 8.42 Å². The Morgan fingerprint density at radius 2 is 1.32 bits per heavy atom. The minimum atomic E-state index is -3.41. The molecule has 1 heterocycles. The zero-order valence-corrected chi connectivity index (χ0v) is 13.9. The molecule has 3 aromatic rings. The molecule has 4 rings (SSSR count). The van der Waals surface area contributed by atoms with E-state index in [0.29, 0.717) is 9.79 Å².